The normalized spacial score (nSPS) is 15.8. The predicted molar refractivity (Wildman–Crippen MR) is 94.7 cm³/mol. The Morgan fingerprint density at radius 3 is 2.62 bits per heavy atom. The first kappa shape index (κ1) is 16.1. The van der Waals surface area contributed by atoms with Crippen molar-refractivity contribution in [2.75, 3.05) is 12.1 Å². The molecule has 0 saturated carbocycles. The molecule has 1 aliphatic rings. The van der Waals surface area contributed by atoms with Crippen LogP contribution in [-0.4, -0.2) is 23.8 Å². The highest BCUT2D eigenvalue weighted by molar-refractivity contribution is 6.35. The molecule has 0 unspecified atom stereocenters. The lowest BCUT2D eigenvalue weighted by Crippen LogP contribution is -2.21. The van der Waals surface area contributed by atoms with Crippen LogP contribution in [0.4, 0.5) is 5.69 Å². The summed E-state index contributed by atoms with van der Waals surface area (Å²) in [6.07, 6.45) is 1.65. The fourth-order valence-electron chi connectivity index (χ4n) is 2.42. The molecular weight excluding hydrogens is 328 g/mol. The number of carbonyl (C=O) groups excluding carboxylic acids is 1. The molecule has 1 N–H and O–H groups in total. The Labute approximate surface area is 144 Å². The van der Waals surface area contributed by atoms with Crippen molar-refractivity contribution in [2.45, 2.75) is 6.92 Å². The minimum atomic E-state index is -0.234. The van der Waals surface area contributed by atoms with E-state index in [-0.39, 0.29) is 17.4 Å². The van der Waals surface area contributed by atoms with E-state index in [0.717, 1.165) is 0 Å². The van der Waals surface area contributed by atoms with Crippen LogP contribution < -0.4 is 9.75 Å². The average molecular weight is 343 g/mol. The van der Waals surface area contributed by atoms with Crippen LogP contribution in [0.5, 0.6) is 11.5 Å². The molecule has 2 aromatic rings. The lowest BCUT2D eigenvalue weighted by molar-refractivity contribution is -0.114. The Kier molecular flexibility index (Phi) is 4.27. The van der Waals surface area contributed by atoms with E-state index in [1.165, 1.54) is 18.2 Å². The van der Waals surface area contributed by atoms with Gasteiger partial charge in [0.25, 0.3) is 5.91 Å². The molecule has 6 heteroatoms. The second kappa shape index (κ2) is 6.37. The molecule has 0 bridgehead atoms. The molecule has 3 rings (SSSR count). The Morgan fingerprint density at radius 2 is 1.96 bits per heavy atom. The highest BCUT2D eigenvalue weighted by atomic mass is 35.5. The Hall–Kier alpha value is -2.79. The molecule has 0 fully saturated rings. The molecule has 1 amide bonds. The monoisotopic (exact) mass is 342 g/mol. The summed E-state index contributed by atoms with van der Waals surface area (Å²) in [5, 5.41) is 15.7. The van der Waals surface area contributed by atoms with Gasteiger partial charge in [-0.25, -0.2) is 0 Å². The van der Waals surface area contributed by atoms with E-state index in [9.17, 15) is 9.90 Å². The minimum absolute atomic E-state index is 0.0568. The van der Waals surface area contributed by atoms with Crippen LogP contribution >= 0.6 is 11.6 Å². The molecule has 0 spiro atoms. The highest BCUT2D eigenvalue weighted by Gasteiger charge is 2.28. The van der Waals surface area contributed by atoms with Crippen molar-refractivity contribution in [1.29, 1.82) is 0 Å². The summed E-state index contributed by atoms with van der Waals surface area (Å²) in [5.41, 5.74) is 2.29. The highest BCUT2D eigenvalue weighted by Crippen LogP contribution is 2.34. The van der Waals surface area contributed by atoms with Gasteiger partial charge in [-0.1, -0.05) is 29.8 Å². The van der Waals surface area contributed by atoms with Crippen molar-refractivity contribution in [2.24, 2.45) is 5.10 Å². The van der Waals surface area contributed by atoms with Gasteiger partial charge in [-0.05, 0) is 36.8 Å². The number of ether oxygens (including phenoxy) is 1. The topological polar surface area (TPSA) is 62.1 Å². The molecular formula is C18H15ClN2O3. The van der Waals surface area contributed by atoms with Gasteiger partial charge in [-0.15, -0.1) is 0 Å². The van der Waals surface area contributed by atoms with Crippen molar-refractivity contribution in [3.63, 3.8) is 0 Å². The van der Waals surface area contributed by atoms with Crippen molar-refractivity contribution in [3.05, 3.63) is 58.6 Å². The standard InChI is InChI=1S/C18H15ClN2O3/c1-11-14(8-12-9-17(24-2)16(22)10-15(12)19)18(23)21(20-11)13-6-4-3-5-7-13/h3-10,22H,1-2H3. The van der Waals surface area contributed by atoms with E-state index in [4.69, 9.17) is 16.3 Å². The second-order valence-electron chi connectivity index (χ2n) is 5.24. The Balaban J connectivity index is 2.00. The van der Waals surface area contributed by atoms with E-state index in [1.54, 1.807) is 19.1 Å². The van der Waals surface area contributed by atoms with E-state index >= 15 is 0 Å². The van der Waals surface area contributed by atoms with Crippen LogP contribution in [0.1, 0.15) is 12.5 Å². The molecule has 0 atom stereocenters. The molecule has 122 valence electrons. The number of aromatic hydroxyl groups is 1. The zero-order chi connectivity index (χ0) is 17.3. The summed E-state index contributed by atoms with van der Waals surface area (Å²) in [4.78, 5) is 12.7. The number of halogens is 1. The number of phenolic OH excluding ortho intramolecular Hbond substituents is 1. The van der Waals surface area contributed by atoms with Crippen LogP contribution in [-0.2, 0) is 4.79 Å². The van der Waals surface area contributed by atoms with Gasteiger partial charge in [0.1, 0.15) is 0 Å². The summed E-state index contributed by atoms with van der Waals surface area (Å²) in [6, 6.07) is 12.2. The molecule has 0 aliphatic carbocycles. The number of nitrogens with zero attached hydrogens (tertiary/aromatic N) is 2. The van der Waals surface area contributed by atoms with Gasteiger partial charge in [0.2, 0.25) is 0 Å². The lowest BCUT2D eigenvalue weighted by atomic mass is 10.1. The SMILES string of the molecule is COc1cc(C=C2C(=O)N(c3ccccc3)N=C2C)c(Cl)cc1O. The van der Waals surface area contributed by atoms with Gasteiger partial charge in [-0.3, -0.25) is 4.79 Å². The molecule has 1 aliphatic heterocycles. The number of hydrogen-bond donors (Lipinski definition) is 1. The maximum absolute atomic E-state index is 12.7. The van der Waals surface area contributed by atoms with E-state index in [1.807, 2.05) is 30.3 Å². The fraction of sp³-hybridized carbons (Fsp3) is 0.111. The molecule has 0 radical (unpaired) electrons. The number of methoxy groups -OCH3 is 1. The number of anilines is 1. The quantitative estimate of drug-likeness (QED) is 0.861. The van der Waals surface area contributed by atoms with Gasteiger partial charge in [-0.2, -0.15) is 10.1 Å². The van der Waals surface area contributed by atoms with Gasteiger partial charge in [0.15, 0.2) is 11.5 Å². The van der Waals surface area contributed by atoms with Gasteiger partial charge in [0.05, 0.1) is 29.1 Å². The Morgan fingerprint density at radius 1 is 1.25 bits per heavy atom. The first-order valence-electron chi connectivity index (χ1n) is 7.24. The van der Waals surface area contributed by atoms with E-state index in [0.29, 0.717) is 27.6 Å². The lowest BCUT2D eigenvalue weighted by Gasteiger charge is -2.11. The second-order valence-corrected chi connectivity index (χ2v) is 5.65. The number of hydrazone groups is 1. The van der Waals surface area contributed by atoms with E-state index in [2.05, 4.69) is 5.10 Å². The third-order valence-corrected chi connectivity index (χ3v) is 3.99. The van der Waals surface area contributed by atoms with Crippen LogP contribution in [0, 0.1) is 0 Å². The molecule has 24 heavy (non-hydrogen) atoms. The number of amides is 1. The number of benzene rings is 2. The van der Waals surface area contributed by atoms with Gasteiger partial charge >= 0.3 is 0 Å². The average Bonchev–Trinajstić information content (AvgIpc) is 2.86. The molecule has 5 nitrogen and oxygen atoms in total. The first-order chi connectivity index (χ1) is 11.5. The van der Waals surface area contributed by atoms with Crippen molar-refractivity contribution >= 4 is 35.0 Å². The summed E-state index contributed by atoms with van der Waals surface area (Å²) < 4.78 is 5.09. The van der Waals surface area contributed by atoms with Crippen molar-refractivity contribution in [1.82, 2.24) is 0 Å². The van der Waals surface area contributed by atoms with Crippen molar-refractivity contribution < 1.29 is 14.6 Å². The summed E-state index contributed by atoms with van der Waals surface area (Å²) in [6.45, 7) is 1.76. The predicted octanol–water partition coefficient (Wildman–Crippen LogP) is 3.86. The largest absolute Gasteiger partial charge is 0.504 e. The molecule has 0 saturated heterocycles. The molecule has 2 aromatic carbocycles. The summed E-state index contributed by atoms with van der Waals surface area (Å²) in [5.74, 6) is -0.00767. The summed E-state index contributed by atoms with van der Waals surface area (Å²) >= 11 is 6.16. The zero-order valence-corrected chi connectivity index (χ0v) is 13.9. The molecule has 1 heterocycles. The number of phenols is 1. The van der Waals surface area contributed by atoms with Gasteiger partial charge in [0, 0.05) is 6.07 Å². The maximum Gasteiger partial charge on any atom is 0.280 e. The smallest absolute Gasteiger partial charge is 0.280 e. The first-order valence-corrected chi connectivity index (χ1v) is 7.62. The number of rotatable bonds is 3. The van der Waals surface area contributed by atoms with Crippen LogP contribution in [0.15, 0.2) is 53.1 Å². The van der Waals surface area contributed by atoms with E-state index < -0.39 is 0 Å². The third-order valence-electron chi connectivity index (χ3n) is 3.66. The fourth-order valence-corrected chi connectivity index (χ4v) is 2.63. The Bertz CT molecular complexity index is 860. The van der Waals surface area contributed by atoms with Crippen molar-refractivity contribution in [3.8, 4) is 11.5 Å². The number of hydrogen-bond acceptors (Lipinski definition) is 4. The van der Waals surface area contributed by atoms with Crippen LogP contribution in [0.3, 0.4) is 0 Å². The third kappa shape index (κ3) is 2.86. The minimum Gasteiger partial charge on any atom is -0.504 e. The maximum atomic E-state index is 12.7. The molecule has 0 aromatic heterocycles. The zero-order valence-electron chi connectivity index (χ0n) is 13.2. The number of carbonyl (C=O) groups is 1. The number of para-hydroxylation sites is 1. The van der Waals surface area contributed by atoms with Crippen LogP contribution in [0.2, 0.25) is 5.02 Å². The van der Waals surface area contributed by atoms with Gasteiger partial charge < -0.3 is 9.84 Å². The summed E-state index contributed by atoms with van der Waals surface area (Å²) in [7, 11) is 1.45. The van der Waals surface area contributed by atoms with Crippen LogP contribution in [0.25, 0.3) is 6.08 Å².